The molecule has 0 spiro atoms. The molecule has 6 rings (SSSR count). The number of hydrogen-bond acceptors (Lipinski definition) is 8. The van der Waals surface area contributed by atoms with Gasteiger partial charge in [0.15, 0.2) is 0 Å². The highest BCUT2D eigenvalue weighted by Crippen LogP contribution is 2.44. The molecule has 0 radical (unpaired) electrons. The Morgan fingerprint density at radius 3 is 2.25 bits per heavy atom. The second-order valence-electron chi connectivity index (χ2n) is 10.5. The lowest BCUT2D eigenvalue weighted by Gasteiger charge is -2.40. The SMILES string of the molecule is CC1CN2C(=O)c3cc(F)c(-c4ccc(F)c5sc(N)c(C#N)c45)c4cnn(c34)CCC2CN1.O=C(O)C(F)(F)F.O=C(O)C(F)(F)F. The van der Waals surface area contributed by atoms with Crippen LogP contribution < -0.4 is 11.1 Å². The van der Waals surface area contributed by atoms with Gasteiger partial charge in [-0.3, -0.25) is 9.48 Å². The van der Waals surface area contributed by atoms with Crippen molar-refractivity contribution in [2.24, 2.45) is 0 Å². The molecule has 2 aliphatic heterocycles. The van der Waals surface area contributed by atoms with Crippen molar-refractivity contribution in [3.8, 4) is 17.2 Å². The lowest BCUT2D eigenvalue weighted by Crippen LogP contribution is -2.58. The number of benzene rings is 2. The maximum Gasteiger partial charge on any atom is 0.490 e. The summed E-state index contributed by atoms with van der Waals surface area (Å²) in [6.07, 6.45) is -7.90. The summed E-state index contributed by atoms with van der Waals surface area (Å²) < 4.78 is 95.8. The number of aryl methyl sites for hydroxylation is 1. The third-order valence-corrected chi connectivity index (χ3v) is 8.36. The van der Waals surface area contributed by atoms with Crippen molar-refractivity contribution in [3.63, 3.8) is 0 Å². The van der Waals surface area contributed by atoms with Gasteiger partial charge < -0.3 is 26.2 Å². The average molecular weight is 707 g/mol. The Hall–Kier alpha value is -5.03. The van der Waals surface area contributed by atoms with Crippen LogP contribution in [0.15, 0.2) is 24.4 Å². The van der Waals surface area contributed by atoms with Gasteiger partial charge in [-0.05, 0) is 31.0 Å². The Kier molecular flexibility index (Phi) is 9.87. The molecule has 0 bridgehead atoms. The van der Waals surface area contributed by atoms with Gasteiger partial charge >= 0.3 is 24.3 Å². The summed E-state index contributed by atoms with van der Waals surface area (Å²) in [6, 6.07) is 6.14. The predicted octanol–water partition coefficient (Wildman–Crippen LogP) is 5.12. The smallest absolute Gasteiger partial charge is 0.475 e. The van der Waals surface area contributed by atoms with Gasteiger partial charge in [0.2, 0.25) is 0 Å². The number of piperazine rings is 1. The van der Waals surface area contributed by atoms with Crippen LogP contribution in [0.3, 0.4) is 0 Å². The maximum absolute atomic E-state index is 15.8. The molecule has 5 N–H and O–H groups in total. The first kappa shape index (κ1) is 35.8. The van der Waals surface area contributed by atoms with Gasteiger partial charge in [-0.1, -0.05) is 6.07 Å². The van der Waals surface area contributed by atoms with Crippen LogP contribution in [0.4, 0.5) is 40.1 Å². The van der Waals surface area contributed by atoms with E-state index in [1.807, 2.05) is 17.9 Å². The second kappa shape index (κ2) is 13.2. The number of nitrogens with zero attached hydrogens (tertiary/aromatic N) is 4. The number of rotatable bonds is 1. The van der Waals surface area contributed by atoms with E-state index in [0.717, 1.165) is 17.8 Å². The van der Waals surface area contributed by atoms with E-state index in [2.05, 4.69) is 10.4 Å². The third-order valence-electron chi connectivity index (χ3n) is 7.34. The van der Waals surface area contributed by atoms with E-state index in [0.29, 0.717) is 36.1 Å². The fourth-order valence-corrected chi connectivity index (χ4v) is 6.20. The van der Waals surface area contributed by atoms with Gasteiger partial charge in [0, 0.05) is 48.1 Å². The highest BCUT2D eigenvalue weighted by atomic mass is 32.1. The topological polar surface area (TPSA) is 175 Å². The number of carboxylic acids is 2. The Balaban J connectivity index is 0.000000314. The first-order chi connectivity index (χ1) is 22.3. The highest BCUT2D eigenvalue weighted by molar-refractivity contribution is 7.23. The zero-order valence-corrected chi connectivity index (χ0v) is 25.0. The van der Waals surface area contributed by atoms with Gasteiger partial charge in [0.1, 0.15) is 22.7 Å². The van der Waals surface area contributed by atoms with Crippen LogP contribution in [0.2, 0.25) is 0 Å². The lowest BCUT2D eigenvalue weighted by atomic mass is 9.93. The molecular weight excluding hydrogens is 684 g/mol. The van der Waals surface area contributed by atoms with Crippen LogP contribution in [0.25, 0.3) is 32.1 Å². The van der Waals surface area contributed by atoms with Gasteiger partial charge in [-0.2, -0.15) is 36.7 Å². The van der Waals surface area contributed by atoms with Crippen LogP contribution >= 0.6 is 11.3 Å². The molecule has 2 aromatic heterocycles. The lowest BCUT2D eigenvalue weighted by molar-refractivity contribution is -0.193. The Morgan fingerprint density at radius 2 is 1.69 bits per heavy atom. The average Bonchev–Trinajstić information content (AvgIpc) is 3.56. The van der Waals surface area contributed by atoms with Crippen molar-refractivity contribution in [1.82, 2.24) is 20.0 Å². The van der Waals surface area contributed by atoms with Gasteiger partial charge in [0.05, 0.1) is 27.5 Å². The molecule has 4 heterocycles. The molecule has 48 heavy (non-hydrogen) atoms. The van der Waals surface area contributed by atoms with Crippen LogP contribution in [-0.2, 0) is 16.1 Å². The molecular formula is C28H22F8N6O5S. The molecule has 2 aromatic carbocycles. The number of fused-ring (bicyclic) bond motifs is 2. The number of nitriles is 1. The zero-order valence-electron chi connectivity index (χ0n) is 24.2. The third kappa shape index (κ3) is 6.96. The molecule has 4 aromatic rings. The van der Waals surface area contributed by atoms with E-state index in [9.17, 15) is 40.8 Å². The minimum Gasteiger partial charge on any atom is -0.475 e. The standard InChI is InChI=1S/C24H20F2N6OS.2C2HF3O2/c1-11-10-31-12(8-29-11)4-5-32-21-14(24(31)33)6-18(26)19(16(21)9-30-32)13-2-3-17(25)22-20(13)15(7-27)23(28)34-22;2*3-2(4,5)1(6)7/h2-3,6,9,11-12,29H,4-5,8,10,28H2,1H3;2*(H,6,7). The molecule has 1 amide bonds. The fraction of sp³-hybridized carbons (Fsp3) is 0.321. The maximum atomic E-state index is 15.8. The molecule has 20 heteroatoms. The summed E-state index contributed by atoms with van der Waals surface area (Å²) in [4.78, 5) is 33.2. The number of nitrogen functional groups attached to an aromatic ring is 1. The summed E-state index contributed by atoms with van der Waals surface area (Å²) in [5.74, 6) is -6.89. The largest absolute Gasteiger partial charge is 0.490 e. The Labute approximate surface area is 267 Å². The summed E-state index contributed by atoms with van der Waals surface area (Å²) >= 11 is 0.963. The van der Waals surface area contributed by atoms with E-state index >= 15 is 4.39 Å². The molecule has 0 saturated carbocycles. The van der Waals surface area contributed by atoms with Crippen molar-refractivity contribution < 1.29 is 59.7 Å². The predicted molar refractivity (Wildman–Crippen MR) is 154 cm³/mol. The number of carbonyl (C=O) groups is 3. The molecule has 2 atom stereocenters. The normalized spacial score (nSPS) is 17.7. The number of alkyl halides is 6. The van der Waals surface area contributed by atoms with E-state index < -0.39 is 35.9 Å². The van der Waals surface area contributed by atoms with Crippen molar-refractivity contribution in [1.29, 1.82) is 5.26 Å². The number of anilines is 1. The van der Waals surface area contributed by atoms with Crippen LogP contribution in [0, 0.1) is 23.0 Å². The number of nitrogens with two attached hydrogens (primary N) is 1. The number of carbonyl (C=O) groups excluding carboxylic acids is 1. The number of hydrogen-bond donors (Lipinski definition) is 4. The van der Waals surface area contributed by atoms with E-state index in [1.165, 1.54) is 18.2 Å². The quantitative estimate of drug-likeness (QED) is 0.196. The van der Waals surface area contributed by atoms with Crippen LogP contribution in [0.5, 0.6) is 0 Å². The number of amides is 1. The summed E-state index contributed by atoms with van der Waals surface area (Å²) in [5, 5.41) is 32.7. The summed E-state index contributed by atoms with van der Waals surface area (Å²) in [5.41, 5.74) is 7.45. The number of aromatic nitrogens is 2. The first-order valence-electron chi connectivity index (χ1n) is 13.5. The second-order valence-corrected chi connectivity index (χ2v) is 11.5. The number of halogens is 8. The van der Waals surface area contributed by atoms with Crippen molar-refractivity contribution in [2.75, 3.05) is 18.8 Å². The Morgan fingerprint density at radius 1 is 1.08 bits per heavy atom. The van der Waals surface area contributed by atoms with E-state index in [1.54, 1.807) is 10.9 Å². The number of carboxylic acid groups (broad SMARTS) is 2. The van der Waals surface area contributed by atoms with E-state index in [4.69, 9.17) is 25.5 Å². The minimum atomic E-state index is -5.08. The van der Waals surface area contributed by atoms with Crippen molar-refractivity contribution >= 4 is 55.2 Å². The minimum absolute atomic E-state index is 0.00234. The molecule has 0 aliphatic carbocycles. The van der Waals surface area contributed by atoms with Crippen LogP contribution in [0.1, 0.15) is 29.3 Å². The van der Waals surface area contributed by atoms with Gasteiger partial charge in [0.25, 0.3) is 5.91 Å². The van der Waals surface area contributed by atoms with Crippen LogP contribution in [-0.4, -0.2) is 80.3 Å². The number of aliphatic carboxylic acids is 2. The van der Waals surface area contributed by atoms with Gasteiger partial charge in [-0.15, -0.1) is 11.3 Å². The molecule has 11 nitrogen and oxygen atoms in total. The fourth-order valence-electron chi connectivity index (χ4n) is 5.25. The summed E-state index contributed by atoms with van der Waals surface area (Å²) in [6.45, 7) is 3.81. The van der Waals surface area contributed by atoms with E-state index in [-0.39, 0.29) is 49.8 Å². The first-order valence-corrected chi connectivity index (χ1v) is 14.3. The molecule has 1 saturated heterocycles. The monoisotopic (exact) mass is 706 g/mol. The molecule has 256 valence electrons. The number of thiophene rings is 1. The number of nitrogens with one attached hydrogen (secondary N) is 1. The Bertz CT molecular complexity index is 1940. The van der Waals surface area contributed by atoms with Crippen molar-refractivity contribution in [3.05, 3.63) is 47.2 Å². The highest BCUT2D eigenvalue weighted by Gasteiger charge is 2.39. The zero-order chi connectivity index (χ0) is 35.9. The molecule has 2 unspecified atom stereocenters. The van der Waals surface area contributed by atoms with Gasteiger partial charge in [-0.25, -0.2) is 18.4 Å². The summed E-state index contributed by atoms with van der Waals surface area (Å²) in [7, 11) is 0. The molecule has 1 fully saturated rings. The molecule has 2 aliphatic rings. The van der Waals surface area contributed by atoms with Crippen molar-refractivity contribution in [2.45, 2.75) is 44.3 Å².